The van der Waals surface area contributed by atoms with Crippen LogP contribution in [0.2, 0.25) is 0 Å². The average molecular weight is 519 g/mol. The van der Waals surface area contributed by atoms with E-state index >= 15 is 0 Å². The van der Waals surface area contributed by atoms with Gasteiger partial charge in [-0.2, -0.15) is 0 Å². The van der Waals surface area contributed by atoms with Gasteiger partial charge in [0.15, 0.2) is 11.5 Å². The number of hydrogen-bond donors (Lipinski definition) is 0. The van der Waals surface area contributed by atoms with Crippen molar-refractivity contribution in [1.29, 1.82) is 0 Å². The van der Waals surface area contributed by atoms with Crippen LogP contribution in [0, 0.1) is 0 Å². The number of ether oxygens (including phenoxy) is 3. The second-order valence-electron chi connectivity index (χ2n) is 8.57. The molecule has 8 nitrogen and oxygen atoms in total. The first-order chi connectivity index (χ1) is 18.0. The van der Waals surface area contributed by atoms with E-state index in [9.17, 15) is 14.4 Å². The van der Waals surface area contributed by atoms with Crippen molar-refractivity contribution in [1.82, 2.24) is 9.80 Å². The van der Waals surface area contributed by atoms with Crippen LogP contribution in [0.25, 0.3) is 16.8 Å². The summed E-state index contributed by atoms with van der Waals surface area (Å²) in [4.78, 5) is 41.1. The second-order valence-corrected chi connectivity index (χ2v) is 9.56. The Morgan fingerprint density at radius 3 is 2.59 bits per heavy atom. The zero-order valence-corrected chi connectivity index (χ0v) is 21.2. The number of methoxy groups -OCH3 is 1. The number of amides is 3. The zero-order valence-electron chi connectivity index (χ0n) is 20.3. The highest BCUT2D eigenvalue weighted by Gasteiger charge is 2.37. The lowest BCUT2D eigenvalue weighted by Gasteiger charge is -2.28. The van der Waals surface area contributed by atoms with Gasteiger partial charge in [-0.05, 0) is 40.2 Å². The van der Waals surface area contributed by atoms with Crippen molar-refractivity contribution < 1.29 is 28.6 Å². The third-order valence-corrected chi connectivity index (χ3v) is 7.21. The van der Waals surface area contributed by atoms with Gasteiger partial charge in [-0.25, -0.2) is 0 Å². The van der Waals surface area contributed by atoms with Crippen molar-refractivity contribution in [3.8, 4) is 11.5 Å². The molecule has 2 saturated heterocycles. The summed E-state index contributed by atoms with van der Waals surface area (Å²) in [5.41, 5.74) is 1.61. The van der Waals surface area contributed by atoms with Gasteiger partial charge in [0.05, 0.1) is 25.2 Å². The highest BCUT2D eigenvalue weighted by Crippen LogP contribution is 2.38. The van der Waals surface area contributed by atoms with E-state index in [2.05, 4.69) is 0 Å². The van der Waals surface area contributed by atoms with E-state index in [-0.39, 0.29) is 24.0 Å². The molecule has 3 aromatic carbocycles. The Labute approximate surface area is 218 Å². The molecule has 0 saturated carbocycles. The minimum Gasteiger partial charge on any atom is -0.493 e. The average Bonchev–Trinajstić information content (AvgIpc) is 3.19. The molecule has 0 aliphatic carbocycles. The van der Waals surface area contributed by atoms with Gasteiger partial charge in [-0.3, -0.25) is 19.3 Å². The maximum absolute atomic E-state index is 13.1. The zero-order chi connectivity index (χ0) is 25.8. The van der Waals surface area contributed by atoms with Crippen molar-refractivity contribution >= 4 is 45.7 Å². The number of thioether (sulfide) groups is 1. The van der Waals surface area contributed by atoms with Crippen LogP contribution in [0.1, 0.15) is 11.1 Å². The molecule has 0 aromatic heterocycles. The number of hydrogen-bond acceptors (Lipinski definition) is 7. The topological polar surface area (TPSA) is 85.4 Å². The van der Waals surface area contributed by atoms with E-state index < -0.39 is 11.1 Å². The number of nitrogens with zero attached hydrogens (tertiary/aromatic N) is 2. The summed E-state index contributed by atoms with van der Waals surface area (Å²) in [6.45, 7) is 1.80. The van der Waals surface area contributed by atoms with Crippen LogP contribution in [-0.2, 0) is 20.9 Å². The van der Waals surface area contributed by atoms with Crippen LogP contribution in [0.15, 0.2) is 65.6 Å². The Bertz CT molecular complexity index is 1380. The van der Waals surface area contributed by atoms with Gasteiger partial charge in [0.25, 0.3) is 11.1 Å². The lowest BCUT2D eigenvalue weighted by atomic mass is 10.1. The fourth-order valence-corrected chi connectivity index (χ4v) is 5.18. The molecule has 190 valence electrons. The summed E-state index contributed by atoms with van der Waals surface area (Å²) < 4.78 is 17.0. The van der Waals surface area contributed by atoms with Crippen LogP contribution in [0.3, 0.4) is 0 Å². The molecule has 0 radical (unpaired) electrons. The molecule has 37 heavy (non-hydrogen) atoms. The molecule has 0 unspecified atom stereocenters. The molecular weight excluding hydrogens is 492 g/mol. The lowest BCUT2D eigenvalue weighted by molar-refractivity contribution is -0.139. The van der Waals surface area contributed by atoms with Gasteiger partial charge in [0.1, 0.15) is 13.2 Å². The Kier molecular flexibility index (Phi) is 7.43. The van der Waals surface area contributed by atoms with Gasteiger partial charge in [-0.15, -0.1) is 0 Å². The molecule has 0 bridgehead atoms. The van der Waals surface area contributed by atoms with E-state index in [1.54, 1.807) is 36.3 Å². The smallest absolute Gasteiger partial charge is 0.294 e. The van der Waals surface area contributed by atoms with E-state index in [0.717, 1.165) is 33.0 Å². The third-order valence-electron chi connectivity index (χ3n) is 6.30. The molecule has 0 N–H and O–H groups in total. The Morgan fingerprint density at radius 2 is 1.78 bits per heavy atom. The predicted octanol–water partition coefficient (Wildman–Crippen LogP) is 4.32. The van der Waals surface area contributed by atoms with Crippen molar-refractivity contribution in [2.75, 3.05) is 40.0 Å². The van der Waals surface area contributed by atoms with Crippen LogP contribution in [0.5, 0.6) is 11.5 Å². The first-order valence-electron chi connectivity index (χ1n) is 11.9. The number of morpholine rings is 1. The second kappa shape index (κ2) is 11.1. The molecule has 2 aliphatic heterocycles. The molecule has 9 heteroatoms. The van der Waals surface area contributed by atoms with Gasteiger partial charge >= 0.3 is 0 Å². The molecule has 2 heterocycles. The van der Waals surface area contributed by atoms with Gasteiger partial charge in [0.2, 0.25) is 5.91 Å². The molecule has 5 rings (SSSR count). The molecule has 2 aliphatic rings. The number of para-hydroxylation sites is 1. The monoisotopic (exact) mass is 518 g/mol. The van der Waals surface area contributed by atoms with E-state index in [0.29, 0.717) is 43.4 Å². The maximum atomic E-state index is 13.1. The molecule has 0 atom stereocenters. The minimum atomic E-state index is -0.501. The normalized spacial score (nSPS) is 17.1. The summed E-state index contributed by atoms with van der Waals surface area (Å²) in [5.74, 6) is 0.205. The number of fused-ring (bicyclic) bond motifs is 1. The van der Waals surface area contributed by atoms with Crippen LogP contribution in [-0.4, -0.2) is 66.8 Å². The van der Waals surface area contributed by atoms with Crippen molar-refractivity contribution in [3.63, 3.8) is 0 Å². The van der Waals surface area contributed by atoms with E-state index in [4.69, 9.17) is 14.2 Å². The van der Waals surface area contributed by atoms with Crippen molar-refractivity contribution in [2.24, 2.45) is 0 Å². The first kappa shape index (κ1) is 24.9. The molecule has 0 spiro atoms. The summed E-state index contributed by atoms with van der Waals surface area (Å²) in [7, 11) is 1.55. The Hall–Kier alpha value is -3.82. The summed E-state index contributed by atoms with van der Waals surface area (Å²) in [5, 5.41) is 1.73. The SMILES string of the molecule is COc1cccc(/C=C2\SC(=O)N(CC(=O)N3CCOCC3)C2=O)c1OCc1cccc2ccccc12. The number of carbonyl (C=O) groups is 3. The number of rotatable bonds is 7. The Morgan fingerprint density at radius 1 is 1.03 bits per heavy atom. The van der Waals surface area contributed by atoms with Gasteiger partial charge < -0.3 is 19.1 Å². The first-order valence-corrected chi connectivity index (χ1v) is 12.7. The quantitative estimate of drug-likeness (QED) is 0.431. The van der Waals surface area contributed by atoms with Crippen molar-refractivity contribution in [3.05, 3.63) is 76.7 Å². The van der Waals surface area contributed by atoms with E-state index in [1.807, 2.05) is 42.5 Å². The predicted molar refractivity (Wildman–Crippen MR) is 141 cm³/mol. The summed E-state index contributed by atoms with van der Waals surface area (Å²) in [6.07, 6.45) is 1.62. The minimum absolute atomic E-state index is 0.225. The van der Waals surface area contributed by atoms with Crippen LogP contribution >= 0.6 is 11.8 Å². The van der Waals surface area contributed by atoms with Crippen LogP contribution < -0.4 is 9.47 Å². The lowest BCUT2D eigenvalue weighted by Crippen LogP contribution is -2.46. The van der Waals surface area contributed by atoms with Gasteiger partial charge in [-0.1, -0.05) is 54.6 Å². The van der Waals surface area contributed by atoms with E-state index in [1.165, 1.54) is 0 Å². The highest BCUT2D eigenvalue weighted by atomic mass is 32.2. The fraction of sp³-hybridized carbons (Fsp3) is 0.250. The molecule has 3 aromatic rings. The molecule has 2 fully saturated rings. The number of benzene rings is 3. The Balaban J connectivity index is 1.37. The fourth-order valence-electron chi connectivity index (χ4n) is 4.36. The third kappa shape index (κ3) is 5.33. The highest BCUT2D eigenvalue weighted by molar-refractivity contribution is 8.18. The number of carbonyl (C=O) groups excluding carboxylic acids is 3. The van der Waals surface area contributed by atoms with Crippen molar-refractivity contribution in [2.45, 2.75) is 6.61 Å². The summed E-state index contributed by atoms with van der Waals surface area (Å²) in [6, 6.07) is 19.5. The largest absolute Gasteiger partial charge is 0.493 e. The molecule has 3 amide bonds. The van der Waals surface area contributed by atoms with Crippen LogP contribution in [0.4, 0.5) is 4.79 Å². The summed E-state index contributed by atoms with van der Waals surface area (Å²) >= 11 is 0.811. The maximum Gasteiger partial charge on any atom is 0.294 e. The molecular formula is C28H26N2O6S. The van der Waals surface area contributed by atoms with Gasteiger partial charge in [0, 0.05) is 18.7 Å². The number of imide groups is 1. The standard InChI is InChI=1S/C28H26N2O6S/c1-34-23-11-5-8-20(26(23)36-18-21-9-4-7-19-6-2-3-10-22(19)21)16-24-27(32)30(28(33)37-24)17-25(31)29-12-14-35-15-13-29/h2-11,16H,12-15,17-18H2,1H3/b24-16-.